The van der Waals surface area contributed by atoms with E-state index < -0.39 is 0 Å². The fourth-order valence-corrected chi connectivity index (χ4v) is 5.72. The van der Waals surface area contributed by atoms with E-state index in [4.69, 9.17) is 14.2 Å². The topological polar surface area (TPSA) is 73.1 Å². The molecule has 2 aromatic heterocycles. The van der Waals surface area contributed by atoms with E-state index in [0.29, 0.717) is 17.9 Å². The van der Waals surface area contributed by atoms with Crippen molar-refractivity contribution in [3.8, 4) is 17.0 Å². The molecule has 3 fully saturated rings. The summed E-state index contributed by atoms with van der Waals surface area (Å²) >= 11 is 0. The lowest BCUT2D eigenvalue weighted by molar-refractivity contribution is 0.272. The quantitative estimate of drug-likeness (QED) is 0.493. The highest BCUT2D eigenvalue weighted by Crippen LogP contribution is 2.62. The third kappa shape index (κ3) is 3.55. The molecule has 0 unspecified atom stereocenters. The Morgan fingerprint density at radius 2 is 2.00 bits per heavy atom. The molecule has 32 heavy (non-hydrogen) atoms. The summed E-state index contributed by atoms with van der Waals surface area (Å²) in [5.74, 6) is 3.25. The van der Waals surface area contributed by atoms with Crippen molar-refractivity contribution < 1.29 is 9.26 Å². The van der Waals surface area contributed by atoms with Gasteiger partial charge >= 0.3 is 0 Å². The van der Waals surface area contributed by atoms with E-state index in [0.717, 1.165) is 60.2 Å². The van der Waals surface area contributed by atoms with Crippen LogP contribution in [0.5, 0.6) is 5.75 Å². The maximum absolute atomic E-state index is 5.77. The fraction of sp³-hybridized carbons (Fsp3) is 0.500. The number of hydrogen-bond donors (Lipinski definition) is 1. The average molecular weight is 431 g/mol. The third-order valence-corrected chi connectivity index (χ3v) is 7.69. The van der Waals surface area contributed by atoms with Crippen molar-refractivity contribution in [1.29, 1.82) is 0 Å². The molecule has 0 atom stereocenters. The third-order valence-electron chi connectivity index (χ3n) is 7.69. The van der Waals surface area contributed by atoms with Crippen molar-refractivity contribution >= 4 is 5.69 Å². The molecule has 6 heteroatoms. The van der Waals surface area contributed by atoms with Gasteiger partial charge in [-0.25, -0.2) is 0 Å². The van der Waals surface area contributed by atoms with Crippen molar-refractivity contribution in [1.82, 2.24) is 15.1 Å². The Bertz CT molecular complexity index is 1110. The minimum absolute atomic E-state index is 0.104. The lowest BCUT2D eigenvalue weighted by Crippen LogP contribution is -2.24. The number of hydrogen-bond acceptors (Lipinski definition) is 6. The van der Waals surface area contributed by atoms with Crippen LogP contribution in [0.3, 0.4) is 0 Å². The summed E-state index contributed by atoms with van der Waals surface area (Å²) in [7, 11) is 0. The van der Waals surface area contributed by atoms with Crippen LogP contribution in [-0.4, -0.2) is 28.3 Å². The summed E-state index contributed by atoms with van der Waals surface area (Å²) in [5, 5.41) is 8.02. The van der Waals surface area contributed by atoms with Gasteiger partial charge in [0, 0.05) is 36.0 Å². The van der Waals surface area contributed by atoms with Crippen molar-refractivity contribution in [3.05, 3.63) is 54.3 Å². The molecular formula is C26H30N4O2. The van der Waals surface area contributed by atoms with Crippen LogP contribution < -0.4 is 10.1 Å². The lowest BCUT2D eigenvalue weighted by Gasteiger charge is -2.27. The number of aromatic nitrogens is 3. The Balaban J connectivity index is 1.15. The summed E-state index contributed by atoms with van der Waals surface area (Å²) in [6.45, 7) is 3.63. The van der Waals surface area contributed by atoms with Crippen molar-refractivity contribution in [2.24, 2.45) is 5.41 Å². The number of anilines is 1. The van der Waals surface area contributed by atoms with Gasteiger partial charge in [-0.15, -0.1) is 0 Å². The molecule has 0 saturated heterocycles. The highest BCUT2D eigenvalue weighted by atomic mass is 16.5. The molecule has 0 radical (unpaired) electrons. The van der Waals surface area contributed by atoms with Crippen LogP contribution in [0.15, 0.2) is 47.1 Å². The lowest BCUT2D eigenvalue weighted by atomic mass is 9.82. The van der Waals surface area contributed by atoms with Crippen molar-refractivity contribution in [2.75, 3.05) is 18.5 Å². The number of fused-ring (bicyclic) bond motifs is 2. The molecule has 3 aromatic rings. The zero-order valence-electron chi connectivity index (χ0n) is 18.6. The van der Waals surface area contributed by atoms with E-state index in [2.05, 4.69) is 39.7 Å². The van der Waals surface area contributed by atoms with E-state index in [1.54, 1.807) is 0 Å². The van der Waals surface area contributed by atoms with E-state index in [1.807, 2.05) is 25.3 Å². The maximum Gasteiger partial charge on any atom is 0.232 e. The molecule has 0 spiro atoms. The Labute approximate surface area is 188 Å². The largest absolute Gasteiger partial charge is 0.494 e. The molecule has 6 nitrogen and oxygen atoms in total. The van der Waals surface area contributed by atoms with Gasteiger partial charge in [0.15, 0.2) is 5.82 Å². The minimum Gasteiger partial charge on any atom is -0.494 e. The van der Waals surface area contributed by atoms with Gasteiger partial charge in [0.25, 0.3) is 0 Å². The molecule has 3 aliphatic rings. The summed E-state index contributed by atoms with van der Waals surface area (Å²) in [4.78, 5) is 9.36. The van der Waals surface area contributed by atoms with Crippen LogP contribution in [0, 0.1) is 5.41 Å². The average Bonchev–Trinajstić information content (AvgIpc) is 3.28. The van der Waals surface area contributed by atoms with Gasteiger partial charge < -0.3 is 14.6 Å². The smallest absolute Gasteiger partial charge is 0.232 e. The zero-order chi connectivity index (χ0) is 21.6. The summed E-state index contributed by atoms with van der Waals surface area (Å²) in [6.07, 6.45) is 10.1. The Morgan fingerprint density at radius 1 is 1.12 bits per heavy atom. The predicted molar refractivity (Wildman–Crippen MR) is 123 cm³/mol. The number of benzene rings is 1. The second kappa shape index (κ2) is 7.61. The van der Waals surface area contributed by atoms with Crippen LogP contribution in [0.2, 0.25) is 0 Å². The first-order chi connectivity index (χ1) is 15.7. The maximum atomic E-state index is 5.77. The van der Waals surface area contributed by atoms with E-state index in [1.165, 1.54) is 25.7 Å². The normalized spacial score (nSPS) is 26.4. The SMILES string of the molecule is CCOc1ccnc(-c2cccc(NCC34CCC(c5nc(C6CC6)no5)(CC3)C4)c2)c1. The molecule has 0 aliphatic heterocycles. The molecule has 1 N–H and O–H groups in total. The van der Waals surface area contributed by atoms with Gasteiger partial charge in [-0.05, 0) is 75.5 Å². The molecular weight excluding hydrogens is 400 g/mol. The molecule has 0 amide bonds. The van der Waals surface area contributed by atoms with Gasteiger partial charge in [-0.2, -0.15) is 4.98 Å². The van der Waals surface area contributed by atoms with Crippen LogP contribution in [0.25, 0.3) is 11.3 Å². The van der Waals surface area contributed by atoms with Gasteiger partial charge in [0.1, 0.15) is 5.75 Å². The molecule has 6 rings (SSSR count). The van der Waals surface area contributed by atoms with Crippen molar-refractivity contribution in [3.63, 3.8) is 0 Å². The minimum atomic E-state index is 0.104. The second-order valence-corrected chi connectivity index (χ2v) is 9.93. The highest BCUT2D eigenvalue weighted by molar-refractivity contribution is 5.66. The Hall–Kier alpha value is -2.89. The van der Waals surface area contributed by atoms with Crippen LogP contribution in [0.1, 0.15) is 69.5 Å². The molecule has 166 valence electrons. The number of ether oxygens (including phenoxy) is 1. The Morgan fingerprint density at radius 3 is 2.81 bits per heavy atom. The number of nitrogens with zero attached hydrogens (tertiary/aromatic N) is 3. The van der Waals surface area contributed by atoms with Crippen LogP contribution >= 0.6 is 0 Å². The molecule has 1 aromatic carbocycles. The Kier molecular flexibility index (Phi) is 4.70. The zero-order valence-corrected chi connectivity index (χ0v) is 18.6. The predicted octanol–water partition coefficient (Wildman–Crippen LogP) is 5.72. The molecule has 3 saturated carbocycles. The van der Waals surface area contributed by atoms with Gasteiger partial charge in [0.2, 0.25) is 5.89 Å². The van der Waals surface area contributed by atoms with Gasteiger partial charge in [-0.1, -0.05) is 17.3 Å². The number of nitrogens with one attached hydrogen (secondary N) is 1. The van der Waals surface area contributed by atoms with Crippen molar-refractivity contribution in [2.45, 2.75) is 63.2 Å². The fourth-order valence-electron chi connectivity index (χ4n) is 5.72. The summed E-state index contributed by atoms with van der Waals surface area (Å²) < 4.78 is 11.4. The van der Waals surface area contributed by atoms with Crippen LogP contribution in [0.4, 0.5) is 5.69 Å². The molecule has 2 bridgehead atoms. The first kappa shape index (κ1) is 19.8. The van der Waals surface area contributed by atoms with E-state index in [-0.39, 0.29) is 5.41 Å². The van der Waals surface area contributed by atoms with Crippen LogP contribution in [-0.2, 0) is 5.41 Å². The number of rotatable bonds is 8. The van der Waals surface area contributed by atoms with Gasteiger partial charge in [-0.3, -0.25) is 4.98 Å². The molecule has 3 aliphatic carbocycles. The first-order valence-electron chi connectivity index (χ1n) is 11.9. The monoisotopic (exact) mass is 430 g/mol. The molecule has 2 heterocycles. The summed E-state index contributed by atoms with van der Waals surface area (Å²) in [5.41, 5.74) is 3.59. The van der Waals surface area contributed by atoms with Gasteiger partial charge in [0.05, 0.1) is 17.7 Å². The van der Waals surface area contributed by atoms with E-state index in [9.17, 15) is 0 Å². The standard InChI is InChI=1S/C26H30N4O2/c1-2-31-21-8-13-27-22(15-21)19-4-3-5-20(14-19)28-17-25-9-11-26(16-25,12-10-25)24-29-23(30-32-24)18-6-7-18/h3-5,8,13-15,18,28H,2,6-7,9-12,16-17H2,1H3. The second-order valence-electron chi connectivity index (χ2n) is 9.93. The van der Waals surface area contributed by atoms with E-state index >= 15 is 0 Å². The summed E-state index contributed by atoms with van der Waals surface area (Å²) in [6, 6.07) is 12.4. The first-order valence-corrected chi connectivity index (χ1v) is 11.9. The highest BCUT2D eigenvalue weighted by Gasteiger charge is 2.57. The number of pyridine rings is 1.